The lowest BCUT2D eigenvalue weighted by atomic mass is 10.1. The highest BCUT2D eigenvalue weighted by Gasteiger charge is 2.29. The molecule has 3 aromatic rings. The number of aromatic nitrogens is 3. The Labute approximate surface area is 159 Å². The van der Waals surface area contributed by atoms with E-state index in [0.29, 0.717) is 15.9 Å². The lowest BCUT2D eigenvalue weighted by Gasteiger charge is -2.10. The Bertz CT molecular complexity index is 1050. The monoisotopic (exact) mass is 386 g/mol. The molecule has 0 aliphatic rings. The van der Waals surface area contributed by atoms with Crippen LogP contribution in [0.1, 0.15) is 29.9 Å². The van der Waals surface area contributed by atoms with Gasteiger partial charge in [0.15, 0.2) is 0 Å². The summed E-state index contributed by atoms with van der Waals surface area (Å²) in [6, 6.07) is 4.75. The van der Waals surface area contributed by atoms with Crippen LogP contribution in [-0.4, -0.2) is 38.9 Å². The average Bonchev–Trinajstić information content (AvgIpc) is 2.94. The van der Waals surface area contributed by atoms with Crippen LogP contribution in [0.4, 0.5) is 10.5 Å². The fourth-order valence-corrected chi connectivity index (χ4v) is 2.88. The van der Waals surface area contributed by atoms with Crippen LogP contribution in [0.5, 0.6) is 0 Å². The molecule has 0 atom stereocenters. The number of anilines is 1. The molecule has 2 heterocycles. The normalized spacial score (nSPS) is 10.6. The molecule has 0 saturated heterocycles. The number of ketones is 1. The summed E-state index contributed by atoms with van der Waals surface area (Å²) in [6.45, 7) is 3.07. The van der Waals surface area contributed by atoms with Crippen LogP contribution in [0.15, 0.2) is 36.9 Å². The number of hydrogen-bond acceptors (Lipinski definition) is 6. The minimum atomic E-state index is -0.762. The number of nitrogens with zero attached hydrogens (tertiary/aromatic N) is 3. The Morgan fingerprint density at radius 3 is 2.56 bits per heavy atom. The third kappa shape index (κ3) is 3.52. The summed E-state index contributed by atoms with van der Waals surface area (Å²) in [5, 5.41) is 3.47. The number of carbonyl (C=O) groups is 3. The number of halogens is 1. The van der Waals surface area contributed by atoms with Crippen molar-refractivity contribution in [2.75, 3.05) is 11.9 Å². The Hall–Kier alpha value is -3.26. The lowest BCUT2D eigenvalue weighted by molar-refractivity contribution is -0.114. The molecule has 3 rings (SSSR count). The Morgan fingerprint density at radius 2 is 1.93 bits per heavy atom. The molecule has 0 radical (unpaired) electrons. The number of hydrogen-bond donors (Lipinski definition) is 1. The summed E-state index contributed by atoms with van der Waals surface area (Å²) < 4.78 is 6.21. The summed E-state index contributed by atoms with van der Waals surface area (Å²) in [7, 11) is 0. The van der Waals surface area contributed by atoms with E-state index in [1.165, 1.54) is 31.7 Å². The summed E-state index contributed by atoms with van der Waals surface area (Å²) in [5.74, 6) is -0.939. The van der Waals surface area contributed by atoms with E-state index >= 15 is 0 Å². The standard InChI is InChI=1S/C18H15ClN4O4/c1-3-27-18(26)23-14-6-12(19)4-5-13(14)15(22-10(2)24)16(23)17(25)11-7-20-9-21-8-11/h4-9H,3H2,1-2H3,(H,22,24). The zero-order chi connectivity index (χ0) is 19.6. The Balaban J connectivity index is 2.36. The topological polar surface area (TPSA) is 103 Å². The zero-order valence-electron chi connectivity index (χ0n) is 14.5. The minimum Gasteiger partial charge on any atom is -0.449 e. The molecule has 2 aromatic heterocycles. The van der Waals surface area contributed by atoms with Crippen molar-refractivity contribution < 1.29 is 19.1 Å². The van der Waals surface area contributed by atoms with E-state index in [2.05, 4.69) is 15.3 Å². The van der Waals surface area contributed by atoms with E-state index in [9.17, 15) is 14.4 Å². The van der Waals surface area contributed by atoms with Gasteiger partial charge in [-0.05, 0) is 25.1 Å². The van der Waals surface area contributed by atoms with Crippen molar-refractivity contribution in [3.05, 3.63) is 53.2 Å². The highest BCUT2D eigenvalue weighted by molar-refractivity contribution is 6.32. The summed E-state index contributed by atoms with van der Waals surface area (Å²) >= 11 is 6.08. The van der Waals surface area contributed by atoms with Gasteiger partial charge in [0.05, 0.1) is 23.4 Å². The maximum atomic E-state index is 13.1. The molecule has 0 saturated carbocycles. The number of fused-ring (bicyclic) bond motifs is 1. The summed E-state index contributed by atoms with van der Waals surface area (Å²) in [6.07, 6.45) is 3.17. The first-order valence-corrected chi connectivity index (χ1v) is 8.40. The van der Waals surface area contributed by atoms with E-state index in [4.69, 9.17) is 16.3 Å². The predicted molar refractivity (Wildman–Crippen MR) is 99.1 cm³/mol. The highest BCUT2D eigenvalue weighted by Crippen LogP contribution is 2.34. The van der Waals surface area contributed by atoms with Gasteiger partial charge in [-0.3, -0.25) is 9.59 Å². The van der Waals surface area contributed by atoms with Gasteiger partial charge < -0.3 is 10.1 Å². The van der Waals surface area contributed by atoms with Crippen molar-refractivity contribution in [1.82, 2.24) is 14.5 Å². The van der Waals surface area contributed by atoms with Gasteiger partial charge in [-0.1, -0.05) is 11.6 Å². The molecule has 8 nitrogen and oxygen atoms in total. The smallest absolute Gasteiger partial charge is 0.419 e. The van der Waals surface area contributed by atoms with E-state index in [1.807, 2.05) is 0 Å². The third-order valence-corrected chi connectivity index (χ3v) is 3.95. The van der Waals surface area contributed by atoms with Crippen LogP contribution in [0.3, 0.4) is 0 Å². The molecule has 0 fully saturated rings. The van der Waals surface area contributed by atoms with Gasteiger partial charge in [0.1, 0.15) is 12.0 Å². The second-order valence-electron chi connectivity index (χ2n) is 5.56. The van der Waals surface area contributed by atoms with Crippen molar-refractivity contribution in [1.29, 1.82) is 0 Å². The Kier molecular flexibility index (Phi) is 5.18. The molecule has 1 N–H and O–H groups in total. The van der Waals surface area contributed by atoms with Gasteiger partial charge in [0.2, 0.25) is 11.7 Å². The zero-order valence-corrected chi connectivity index (χ0v) is 15.3. The highest BCUT2D eigenvalue weighted by atomic mass is 35.5. The van der Waals surface area contributed by atoms with E-state index in [0.717, 1.165) is 4.57 Å². The van der Waals surface area contributed by atoms with Crippen LogP contribution in [0, 0.1) is 0 Å². The van der Waals surface area contributed by atoms with Gasteiger partial charge in [-0.15, -0.1) is 0 Å². The Morgan fingerprint density at radius 1 is 1.22 bits per heavy atom. The largest absolute Gasteiger partial charge is 0.449 e. The molecule has 9 heteroatoms. The molecular weight excluding hydrogens is 372 g/mol. The van der Waals surface area contributed by atoms with E-state index < -0.39 is 17.8 Å². The maximum absolute atomic E-state index is 13.1. The number of amides is 1. The van der Waals surface area contributed by atoms with Gasteiger partial charge in [0.25, 0.3) is 0 Å². The molecule has 1 aromatic carbocycles. The van der Waals surface area contributed by atoms with Crippen molar-refractivity contribution in [3.8, 4) is 0 Å². The van der Waals surface area contributed by atoms with Crippen LogP contribution >= 0.6 is 11.6 Å². The number of benzene rings is 1. The molecule has 0 spiro atoms. The van der Waals surface area contributed by atoms with Crippen molar-refractivity contribution in [2.45, 2.75) is 13.8 Å². The fraction of sp³-hybridized carbons (Fsp3) is 0.167. The first kappa shape index (κ1) is 18.5. The maximum Gasteiger partial charge on any atom is 0.419 e. The first-order valence-electron chi connectivity index (χ1n) is 8.02. The quantitative estimate of drug-likeness (QED) is 0.690. The van der Waals surface area contributed by atoms with Crippen molar-refractivity contribution in [2.24, 2.45) is 0 Å². The van der Waals surface area contributed by atoms with Gasteiger partial charge in [-0.25, -0.2) is 19.3 Å². The molecule has 27 heavy (non-hydrogen) atoms. The lowest BCUT2D eigenvalue weighted by Crippen LogP contribution is -2.21. The molecule has 138 valence electrons. The number of ether oxygens (including phenoxy) is 1. The SMILES string of the molecule is CCOC(=O)n1c(C(=O)c2cncnc2)c(NC(C)=O)c2ccc(Cl)cc21. The number of rotatable bonds is 4. The fourth-order valence-electron chi connectivity index (χ4n) is 2.71. The average molecular weight is 387 g/mol. The van der Waals surface area contributed by atoms with Gasteiger partial charge >= 0.3 is 6.09 Å². The predicted octanol–water partition coefficient (Wildman–Crippen LogP) is 3.28. The molecule has 0 aliphatic heterocycles. The van der Waals surface area contributed by atoms with E-state index in [1.54, 1.807) is 19.1 Å². The second kappa shape index (κ2) is 7.55. The van der Waals surface area contributed by atoms with Crippen LogP contribution in [-0.2, 0) is 9.53 Å². The molecule has 0 unspecified atom stereocenters. The first-order chi connectivity index (χ1) is 12.9. The molecule has 0 bridgehead atoms. The molecule has 1 amide bonds. The molecule has 0 aliphatic carbocycles. The van der Waals surface area contributed by atoms with Crippen molar-refractivity contribution >= 4 is 46.0 Å². The van der Waals surface area contributed by atoms with Crippen LogP contribution in [0.25, 0.3) is 10.9 Å². The minimum absolute atomic E-state index is 0.0595. The number of carbonyl (C=O) groups excluding carboxylic acids is 3. The third-order valence-electron chi connectivity index (χ3n) is 3.72. The van der Waals surface area contributed by atoms with Crippen molar-refractivity contribution in [3.63, 3.8) is 0 Å². The second-order valence-corrected chi connectivity index (χ2v) is 5.99. The molecular formula is C18H15ClN4O4. The van der Waals surface area contributed by atoms with Gasteiger partial charge in [-0.2, -0.15) is 0 Å². The summed E-state index contributed by atoms with van der Waals surface area (Å²) in [4.78, 5) is 45.2. The van der Waals surface area contributed by atoms with Gasteiger partial charge in [0, 0.05) is 29.7 Å². The number of nitrogens with one attached hydrogen (secondary N) is 1. The van der Waals surface area contributed by atoms with Crippen LogP contribution < -0.4 is 5.32 Å². The van der Waals surface area contributed by atoms with Crippen LogP contribution in [0.2, 0.25) is 5.02 Å². The van der Waals surface area contributed by atoms with E-state index in [-0.39, 0.29) is 23.6 Å². The summed E-state index contributed by atoms with van der Waals surface area (Å²) in [5.41, 5.74) is 0.625.